The number of carbonyl (C=O) groups is 2. The maximum Gasteiger partial charge on any atom is 0.335 e. The number of carboxylic acids is 1. The molecule has 4 rings (SSSR count). The van der Waals surface area contributed by atoms with Gasteiger partial charge in [0.25, 0.3) is 5.91 Å². The number of benzene rings is 4. The number of anilines is 1. The SMILES string of the molecule is N#C/C(=C\c1ccc(OCc2ccc(C(=O)O)cc2)c(Br)c1)C(=O)Nc1ccc(OCc2ccccc2)cc1. The Morgan fingerprint density at radius 1 is 0.872 bits per heavy atom. The van der Waals surface area contributed by atoms with Gasteiger partial charge in [0, 0.05) is 5.69 Å². The number of carbonyl (C=O) groups excluding carboxylic acids is 1. The third-order valence-electron chi connectivity index (χ3n) is 5.59. The van der Waals surface area contributed by atoms with Crippen molar-refractivity contribution in [2.75, 3.05) is 5.32 Å². The molecule has 8 heteroatoms. The zero-order valence-corrected chi connectivity index (χ0v) is 22.2. The number of nitrogens with one attached hydrogen (secondary N) is 1. The van der Waals surface area contributed by atoms with E-state index in [0.29, 0.717) is 33.8 Å². The van der Waals surface area contributed by atoms with Gasteiger partial charge in [-0.3, -0.25) is 4.79 Å². The van der Waals surface area contributed by atoms with Crippen LogP contribution in [0.1, 0.15) is 27.0 Å². The van der Waals surface area contributed by atoms with Gasteiger partial charge in [-0.2, -0.15) is 5.26 Å². The molecule has 194 valence electrons. The number of amides is 1. The molecule has 0 saturated carbocycles. The minimum Gasteiger partial charge on any atom is -0.489 e. The first kappa shape index (κ1) is 27.2. The molecule has 1 amide bonds. The highest BCUT2D eigenvalue weighted by atomic mass is 79.9. The van der Waals surface area contributed by atoms with Gasteiger partial charge in [0.2, 0.25) is 0 Å². The molecular formula is C31H23BrN2O5. The number of nitrogens with zero attached hydrogens (tertiary/aromatic N) is 1. The van der Waals surface area contributed by atoms with Crippen LogP contribution in [0.25, 0.3) is 6.08 Å². The second-order valence-electron chi connectivity index (χ2n) is 8.40. The summed E-state index contributed by atoms with van der Waals surface area (Å²) in [6, 6.07) is 30.3. The van der Waals surface area contributed by atoms with Crippen LogP contribution in [0.15, 0.2) is 107 Å². The molecule has 0 unspecified atom stereocenters. The molecule has 0 spiro atoms. The quantitative estimate of drug-likeness (QED) is 0.156. The minimum absolute atomic E-state index is 0.0570. The number of hydrogen-bond acceptors (Lipinski definition) is 5. The first-order valence-corrected chi connectivity index (χ1v) is 12.6. The number of rotatable bonds is 10. The van der Waals surface area contributed by atoms with Crippen LogP contribution in [0, 0.1) is 11.3 Å². The highest BCUT2D eigenvalue weighted by Crippen LogP contribution is 2.28. The van der Waals surface area contributed by atoms with Gasteiger partial charge < -0.3 is 19.9 Å². The molecule has 0 aliphatic heterocycles. The number of ether oxygens (including phenoxy) is 2. The maximum atomic E-state index is 12.7. The van der Waals surface area contributed by atoms with Gasteiger partial charge in [-0.1, -0.05) is 48.5 Å². The predicted octanol–water partition coefficient (Wildman–Crippen LogP) is 6.85. The summed E-state index contributed by atoms with van der Waals surface area (Å²) in [6.45, 7) is 0.683. The molecule has 0 heterocycles. The molecule has 0 aromatic heterocycles. The lowest BCUT2D eigenvalue weighted by Crippen LogP contribution is -2.13. The van der Waals surface area contributed by atoms with Crippen molar-refractivity contribution in [3.8, 4) is 17.6 Å². The summed E-state index contributed by atoms with van der Waals surface area (Å²) in [5, 5.41) is 21.3. The molecule has 4 aromatic rings. The van der Waals surface area contributed by atoms with E-state index in [1.54, 1.807) is 54.6 Å². The van der Waals surface area contributed by atoms with E-state index >= 15 is 0 Å². The Morgan fingerprint density at radius 3 is 2.18 bits per heavy atom. The molecule has 0 aliphatic carbocycles. The van der Waals surface area contributed by atoms with Crippen molar-refractivity contribution in [1.82, 2.24) is 0 Å². The van der Waals surface area contributed by atoms with E-state index in [-0.39, 0.29) is 17.7 Å². The zero-order valence-electron chi connectivity index (χ0n) is 20.6. The average molecular weight is 583 g/mol. The standard InChI is InChI=1S/C31H23BrN2O5/c32-28-17-23(8-15-29(28)39-20-22-6-9-24(10-7-22)31(36)37)16-25(18-33)30(35)34-26-11-13-27(14-12-26)38-19-21-4-2-1-3-5-21/h1-17H,19-20H2,(H,34,35)(H,36,37)/b25-16+. The molecule has 39 heavy (non-hydrogen) atoms. The van der Waals surface area contributed by atoms with Gasteiger partial charge >= 0.3 is 5.97 Å². The van der Waals surface area contributed by atoms with Gasteiger partial charge in [0.05, 0.1) is 10.0 Å². The molecular weight excluding hydrogens is 560 g/mol. The Bertz CT molecular complexity index is 1530. The molecule has 0 bridgehead atoms. The molecule has 2 N–H and O–H groups in total. The highest BCUT2D eigenvalue weighted by Gasteiger charge is 2.11. The maximum absolute atomic E-state index is 12.7. The van der Waals surface area contributed by atoms with Gasteiger partial charge in [0.15, 0.2) is 0 Å². The molecule has 0 fully saturated rings. The molecule has 0 radical (unpaired) electrons. The van der Waals surface area contributed by atoms with Crippen LogP contribution < -0.4 is 14.8 Å². The normalized spacial score (nSPS) is 10.8. The number of carboxylic acid groups (broad SMARTS) is 1. The lowest BCUT2D eigenvalue weighted by Gasteiger charge is -2.10. The van der Waals surface area contributed by atoms with Crippen molar-refractivity contribution >= 4 is 39.6 Å². The lowest BCUT2D eigenvalue weighted by molar-refractivity contribution is -0.112. The lowest BCUT2D eigenvalue weighted by atomic mass is 10.1. The third kappa shape index (κ3) is 7.81. The summed E-state index contributed by atoms with van der Waals surface area (Å²) in [5.74, 6) is -0.289. The van der Waals surface area contributed by atoms with Crippen LogP contribution in [0.4, 0.5) is 5.69 Å². The Labute approximate surface area is 234 Å². The molecule has 7 nitrogen and oxygen atoms in total. The molecule has 0 aliphatic rings. The fourth-order valence-corrected chi connectivity index (χ4v) is 4.03. The van der Waals surface area contributed by atoms with Gasteiger partial charge in [-0.25, -0.2) is 4.79 Å². The fourth-order valence-electron chi connectivity index (χ4n) is 3.52. The second-order valence-corrected chi connectivity index (χ2v) is 9.26. The minimum atomic E-state index is -0.985. The monoisotopic (exact) mass is 582 g/mol. The Balaban J connectivity index is 1.34. The molecule has 0 saturated heterocycles. The van der Waals surface area contributed by atoms with Crippen molar-refractivity contribution in [1.29, 1.82) is 5.26 Å². The molecule has 4 aromatic carbocycles. The van der Waals surface area contributed by atoms with E-state index < -0.39 is 11.9 Å². The van der Waals surface area contributed by atoms with Crippen LogP contribution in [0.3, 0.4) is 0 Å². The Morgan fingerprint density at radius 2 is 1.54 bits per heavy atom. The summed E-state index contributed by atoms with van der Waals surface area (Å²) >= 11 is 3.46. The topological polar surface area (TPSA) is 109 Å². The Hall–Kier alpha value is -4.87. The Kier molecular flexibility index (Phi) is 9.11. The average Bonchev–Trinajstić information content (AvgIpc) is 2.95. The smallest absolute Gasteiger partial charge is 0.335 e. The van der Waals surface area contributed by atoms with Crippen LogP contribution >= 0.6 is 15.9 Å². The van der Waals surface area contributed by atoms with Gasteiger partial charge in [-0.05, 0) is 87.2 Å². The van der Waals surface area contributed by atoms with Crippen molar-refractivity contribution in [3.05, 3.63) is 129 Å². The number of hydrogen-bond donors (Lipinski definition) is 2. The van der Waals surface area contributed by atoms with Crippen molar-refractivity contribution in [2.45, 2.75) is 13.2 Å². The summed E-state index contributed by atoms with van der Waals surface area (Å²) in [4.78, 5) is 23.7. The predicted molar refractivity (Wildman–Crippen MR) is 151 cm³/mol. The molecule has 0 atom stereocenters. The third-order valence-corrected chi connectivity index (χ3v) is 6.21. The van der Waals surface area contributed by atoms with Crippen LogP contribution in [-0.2, 0) is 18.0 Å². The first-order valence-electron chi connectivity index (χ1n) is 11.9. The van der Waals surface area contributed by atoms with Gasteiger partial charge in [-0.15, -0.1) is 0 Å². The van der Waals surface area contributed by atoms with Crippen molar-refractivity contribution < 1.29 is 24.2 Å². The summed E-state index contributed by atoms with van der Waals surface area (Å²) in [6.07, 6.45) is 1.49. The number of aromatic carboxylic acids is 1. The summed E-state index contributed by atoms with van der Waals surface area (Å²) < 4.78 is 12.2. The second kappa shape index (κ2) is 13.1. The fraction of sp³-hybridized carbons (Fsp3) is 0.0645. The summed E-state index contributed by atoms with van der Waals surface area (Å²) in [5.41, 5.74) is 3.19. The van der Waals surface area contributed by atoms with E-state index in [0.717, 1.165) is 11.1 Å². The zero-order chi connectivity index (χ0) is 27.6. The van der Waals surface area contributed by atoms with E-state index in [9.17, 15) is 14.9 Å². The van der Waals surface area contributed by atoms with E-state index in [4.69, 9.17) is 14.6 Å². The summed E-state index contributed by atoms with van der Waals surface area (Å²) in [7, 11) is 0. The largest absolute Gasteiger partial charge is 0.489 e. The van der Waals surface area contributed by atoms with E-state index in [1.165, 1.54) is 18.2 Å². The number of halogens is 1. The van der Waals surface area contributed by atoms with E-state index in [2.05, 4.69) is 21.2 Å². The number of nitriles is 1. The van der Waals surface area contributed by atoms with Crippen LogP contribution in [0.5, 0.6) is 11.5 Å². The van der Waals surface area contributed by atoms with E-state index in [1.807, 2.05) is 36.4 Å². The first-order chi connectivity index (χ1) is 18.9. The van der Waals surface area contributed by atoms with Gasteiger partial charge in [0.1, 0.15) is 36.4 Å². The van der Waals surface area contributed by atoms with Crippen molar-refractivity contribution in [3.63, 3.8) is 0 Å². The van der Waals surface area contributed by atoms with Crippen LogP contribution in [-0.4, -0.2) is 17.0 Å². The highest BCUT2D eigenvalue weighted by molar-refractivity contribution is 9.10. The van der Waals surface area contributed by atoms with Crippen molar-refractivity contribution in [2.24, 2.45) is 0 Å². The van der Waals surface area contributed by atoms with Crippen LogP contribution in [0.2, 0.25) is 0 Å².